The second-order valence-corrected chi connectivity index (χ2v) is 6.13. The lowest BCUT2D eigenvalue weighted by Crippen LogP contribution is -2.30. The monoisotopic (exact) mass is 325 g/mol. The number of rotatable bonds is 5. The molecule has 1 unspecified atom stereocenters. The van der Waals surface area contributed by atoms with Crippen molar-refractivity contribution in [2.75, 3.05) is 0 Å². The first-order valence-electron chi connectivity index (χ1n) is 5.78. The fraction of sp³-hybridized carbons (Fsp3) is 0.182. The number of thioether (sulfide) groups is 1. The number of hydrogen-bond donors (Lipinski definition) is 3. The molecule has 1 atom stereocenters. The molecule has 1 amide bonds. The molecule has 0 spiro atoms. The van der Waals surface area contributed by atoms with Gasteiger partial charge in [-0.2, -0.15) is 10.2 Å². The van der Waals surface area contributed by atoms with Crippen molar-refractivity contribution in [2.24, 2.45) is 5.10 Å². The van der Waals surface area contributed by atoms with Crippen molar-refractivity contribution in [1.29, 1.82) is 0 Å². The van der Waals surface area contributed by atoms with Gasteiger partial charge < -0.3 is 0 Å². The van der Waals surface area contributed by atoms with E-state index >= 15 is 0 Å². The topological polar surface area (TPSA) is 120 Å². The lowest BCUT2D eigenvalue weighted by Gasteiger charge is -2.07. The smallest absolute Gasteiger partial charge is 0.272 e. The molecule has 2 aromatic heterocycles. The summed E-state index contributed by atoms with van der Waals surface area (Å²) >= 11 is 2.42. The maximum Gasteiger partial charge on any atom is 0.342 e. The standard InChI is InChI=1S/C11H11N5O3S2/c1-6(21-10-9(18)13-11(19)16-15-10)8(17)14-12-5-7-3-2-4-20-7/h2-6H,1H3,(H,14,17)(H2,13,16,18,19)/b12-5+. The van der Waals surface area contributed by atoms with Crippen LogP contribution >= 0.6 is 23.1 Å². The summed E-state index contributed by atoms with van der Waals surface area (Å²) in [6.45, 7) is 1.60. The van der Waals surface area contributed by atoms with Crippen molar-refractivity contribution >= 4 is 35.2 Å². The maximum atomic E-state index is 11.8. The number of carbonyl (C=O) groups is 1. The zero-order valence-corrected chi connectivity index (χ0v) is 12.5. The second kappa shape index (κ2) is 6.99. The third-order valence-electron chi connectivity index (χ3n) is 2.25. The first-order chi connectivity index (χ1) is 10.1. The predicted octanol–water partition coefficient (Wildman–Crippen LogP) is 0.151. The largest absolute Gasteiger partial charge is 0.342 e. The minimum Gasteiger partial charge on any atom is -0.272 e. The molecule has 21 heavy (non-hydrogen) atoms. The Bertz CT molecular complexity index is 750. The number of aromatic amines is 2. The summed E-state index contributed by atoms with van der Waals surface area (Å²) in [5.41, 5.74) is 1.05. The molecule has 110 valence electrons. The third-order valence-corrected chi connectivity index (χ3v) is 4.12. The highest BCUT2D eigenvalue weighted by Gasteiger charge is 2.16. The minimum absolute atomic E-state index is 0.0134. The first-order valence-corrected chi connectivity index (χ1v) is 7.54. The number of nitrogens with one attached hydrogen (secondary N) is 3. The van der Waals surface area contributed by atoms with E-state index in [2.05, 4.69) is 20.7 Å². The van der Waals surface area contributed by atoms with Crippen LogP contribution in [0.2, 0.25) is 0 Å². The number of H-pyrrole nitrogens is 2. The van der Waals surface area contributed by atoms with Crippen LogP contribution in [0, 0.1) is 0 Å². The number of amides is 1. The fourth-order valence-corrected chi connectivity index (χ4v) is 2.59. The van der Waals surface area contributed by atoms with Gasteiger partial charge in [0.15, 0.2) is 5.03 Å². The van der Waals surface area contributed by atoms with Crippen molar-refractivity contribution in [2.45, 2.75) is 17.2 Å². The Kier molecular flexibility index (Phi) is 5.06. The zero-order chi connectivity index (χ0) is 15.2. The van der Waals surface area contributed by atoms with Crippen LogP contribution in [-0.4, -0.2) is 32.6 Å². The molecular formula is C11H11N5O3S2. The number of carbonyl (C=O) groups excluding carboxylic acids is 1. The number of hydrogen-bond acceptors (Lipinski definition) is 7. The highest BCUT2D eigenvalue weighted by atomic mass is 32.2. The summed E-state index contributed by atoms with van der Waals surface area (Å²) in [6, 6.07) is 3.74. The van der Waals surface area contributed by atoms with Crippen LogP contribution in [0.3, 0.4) is 0 Å². The van der Waals surface area contributed by atoms with Crippen molar-refractivity contribution in [1.82, 2.24) is 20.6 Å². The number of nitrogens with zero attached hydrogens (tertiary/aromatic N) is 2. The summed E-state index contributed by atoms with van der Waals surface area (Å²) < 4.78 is 0. The molecule has 0 aliphatic heterocycles. The molecule has 0 aromatic carbocycles. The van der Waals surface area contributed by atoms with E-state index in [9.17, 15) is 14.4 Å². The van der Waals surface area contributed by atoms with Gasteiger partial charge in [0.05, 0.1) is 11.5 Å². The quantitative estimate of drug-likeness (QED) is 0.410. The predicted molar refractivity (Wildman–Crippen MR) is 80.9 cm³/mol. The van der Waals surface area contributed by atoms with Crippen molar-refractivity contribution in [3.63, 3.8) is 0 Å². The van der Waals surface area contributed by atoms with E-state index in [1.54, 1.807) is 6.92 Å². The van der Waals surface area contributed by atoms with E-state index in [1.807, 2.05) is 22.5 Å². The molecule has 0 radical (unpaired) electrons. The lowest BCUT2D eigenvalue weighted by molar-refractivity contribution is -0.120. The minimum atomic E-state index is -0.693. The molecule has 2 aromatic rings. The Morgan fingerprint density at radius 1 is 1.57 bits per heavy atom. The molecule has 2 heterocycles. The molecule has 8 nitrogen and oxygen atoms in total. The van der Waals surface area contributed by atoms with E-state index in [0.29, 0.717) is 0 Å². The van der Waals surface area contributed by atoms with Gasteiger partial charge in [-0.25, -0.2) is 15.3 Å². The van der Waals surface area contributed by atoms with Crippen LogP contribution in [0.25, 0.3) is 0 Å². The molecule has 0 bridgehead atoms. The number of aromatic nitrogens is 3. The van der Waals surface area contributed by atoms with E-state index in [1.165, 1.54) is 17.6 Å². The Morgan fingerprint density at radius 2 is 2.38 bits per heavy atom. The Labute approximate surface area is 126 Å². The summed E-state index contributed by atoms with van der Waals surface area (Å²) in [7, 11) is 0. The molecule has 3 N–H and O–H groups in total. The fourth-order valence-electron chi connectivity index (χ4n) is 1.25. The van der Waals surface area contributed by atoms with E-state index in [0.717, 1.165) is 16.6 Å². The summed E-state index contributed by atoms with van der Waals surface area (Å²) in [4.78, 5) is 37.0. The van der Waals surface area contributed by atoms with Crippen molar-refractivity contribution in [3.8, 4) is 0 Å². The number of hydrazone groups is 1. The van der Waals surface area contributed by atoms with Crippen LogP contribution in [-0.2, 0) is 4.79 Å². The van der Waals surface area contributed by atoms with Gasteiger partial charge in [0, 0.05) is 4.88 Å². The normalized spacial score (nSPS) is 12.4. The van der Waals surface area contributed by atoms with Crippen LogP contribution in [0.5, 0.6) is 0 Å². The van der Waals surface area contributed by atoms with Gasteiger partial charge in [-0.05, 0) is 18.4 Å². The Hall–Kier alpha value is -2.20. The van der Waals surface area contributed by atoms with Crippen LogP contribution in [0.1, 0.15) is 11.8 Å². The molecule has 0 saturated heterocycles. The molecule has 0 aliphatic rings. The highest BCUT2D eigenvalue weighted by Crippen LogP contribution is 2.16. The van der Waals surface area contributed by atoms with Gasteiger partial charge in [-0.3, -0.25) is 14.6 Å². The Balaban J connectivity index is 1.93. The molecular weight excluding hydrogens is 314 g/mol. The molecule has 0 fully saturated rings. The summed E-state index contributed by atoms with van der Waals surface area (Å²) in [6.07, 6.45) is 1.53. The summed E-state index contributed by atoms with van der Waals surface area (Å²) in [5, 5.41) is 10.8. The average Bonchev–Trinajstić information content (AvgIpc) is 2.95. The van der Waals surface area contributed by atoms with Gasteiger partial charge in [0.1, 0.15) is 0 Å². The molecule has 10 heteroatoms. The molecule has 0 saturated carbocycles. The van der Waals surface area contributed by atoms with Gasteiger partial charge in [-0.15, -0.1) is 11.3 Å². The van der Waals surface area contributed by atoms with Gasteiger partial charge in [0.25, 0.3) is 11.5 Å². The summed E-state index contributed by atoms with van der Waals surface area (Å²) in [5.74, 6) is -0.375. The zero-order valence-electron chi connectivity index (χ0n) is 10.8. The van der Waals surface area contributed by atoms with E-state index < -0.39 is 16.5 Å². The van der Waals surface area contributed by atoms with Crippen LogP contribution in [0.4, 0.5) is 0 Å². The first kappa shape index (κ1) is 15.2. The number of thiophene rings is 1. The third kappa shape index (κ3) is 4.39. The van der Waals surface area contributed by atoms with Gasteiger partial charge in [-0.1, -0.05) is 17.8 Å². The second-order valence-electron chi connectivity index (χ2n) is 3.82. The van der Waals surface area contributed by atoms with Crippen LogP contribution in [0.15, 0.2) is 37.2 Å². The SMILES string of the molecule is CC(Sc1n[nH]c(=O)[nH]c1=O)C(=O)N/N=C/c1cccs1. The average molecular weight is 325 g/mol. The van der Waals surface area contributed by atoms with Crippen molar-refractivity contribution < 1.29 is 4.79 Å². The van der Waals surface area contributed by atoms with Gasteiger partial charge in [0.2, 0.25) is 0 Å². The van der Waals surface area contributed by atoms with E-state index in [-0.39, 0.29) is 10.9 Å². The maximum absolute atomic E-state index is 11.8. The highest BCUT2D eigenvalue weighted by molar-refractivity contribution is 8.00. The van der Waals surface area contributed by atoms with Crippen molar-refractivity contribution in [3.05, 3.63) is 43.2 Å². The van der Waals surface area contributed by atoms with Crippen LogP contribution < -0.4 is 16.7 Å². The van der Waals surface area contributed by atoms with Gasteiger partial charge >= 0.3 is 5.69 Å². The van der Waals surface area contributed by atoms with E-state index in [4.69, 9.17) is 0 Å². The molecule has 0 aliphatic carbocycles. The molecule has 2 rings (SSSR count). The Morgan fingerprint density at radius 3 is 3.05 bits per heavy atom. The lowest BCUT2D eigenvalue weighted by atomic mass is 10.5.